The Labute approximate surface area is 133 Å². The van der Waals surface area contributed by atoms with E-state index in [4.69, 9.17) is 10.5 Å². The third-order valence-electron chi connectivity index (χ3n) is 3.75. The fraction of sp³-hybridized carbons (Fsp3) is 0. The Balaban J connectivity index is 2.72. The number of nitro groups is 2. The summed E-state index contributed by atoms with van der Waals surface area (Å²) in [7, 11) is 0. The molecule has 0 spiro atoms. The molecule has 1 aliphatic rings. The van der Waals surface area contributed by atoms with E-state index in [9.17, 15) is 20.2 Å². The number of rotatable bonds is 2. The van der Waals surface area contributed by atoms with Gasteiger partial charge in [0.05, 0.1) is 20.3 Å². The van der Waals surface area contributed by atoms with Gasteiger partial charge in [0, 0.05) is 5.22 Å². The molecule has 1 aliphatic carbocycles. The molecule has 0 aliphatic heterocycles. The summed E-state index contributed by atoms with van der Waals surface area (Å²) in [6, 6.07) is 12.3. The molecule has 0 atom stereocenters. The van der Waals surface area contributed by atoms with Crippen molar-refractivity contribution in [3.05, 3.63) is 83.1 Å². The van der Waals surface area contributed by atoms with Crippen molar-refractivity contribution in [3.8, 4) is 12.1 Å². The second-order valence-electron chi connectivity index (χ2n) is 4.89. The first kappa shape index (κ1) is 14.9. The van der Waals surface area contributed by atoms with E-state index in [1.54, 1.807) is 30.3 Å². The molecule has 0 bridgehead atoms. The van der Waals surface area contributed by atoms with E-state index in [1.165, 1.54) is 18.2 Å². The number of hydrogen-bond donors (Lipinski definition) is 0. The van der Waals surface area contributed by atoms with Crippen LogP contribution in [0.1, 0.15) is 5.56 Å². The topological polar surface area (TPSA) is 134 Å². The van der Waals surface area contributed by atoms with Crippen LogP contribution >= 0.6 is 0 Å². The molecule has 0 amide bonds. The highest BCUT2D eigenvalue weighted by molar-refractivity contribution is 5.79. The van der Waals surface area contributed by atoms with Gasteiger partial charge in [-0.15, -0.1) is 0 Å². The van der Waals surface area contributed by atoms with Crippen molar-refractivity contribution in [2.75, 3.05) is 0 Å². The minimum atomic E-state index is -0.793. The fourth-order valence-corrected chi connectivity index (χ4v) is 2.84. The van der Waals surface area contributed by atoms with Gasteiger partial charge in [0.25, 0.3) is 11.4 Å². The number of fused-ring (bicyclic) bond motifs is 2. The third kappa shape index (κ3) is 1.91. The molecule has 0 saturated heterocycles. The Morgan fingerprint density at radius 3 is 2.04 bits per heavy atom. The monoisotopic (exact) mass is 318 g/mol. The highest BCUT2D eigenvalue weighted by Crippen LogP contribution is 2.26. The molecule has 0 unspecified atom stereocenters. The number of nitriles is 2. The first-order valence-electron chi connectivity index (χ1n) is 6.61. The van der Waals surface area contributed by atoms with E-state index in [0.717, 1.165) is 0 Å². The van der Waals surface area contributed by atoms with Gasteiger partial charge in [0.15, 0.2) is 0 Å². The van der Waals surface area contributed by atoms with Gasteiger partial charge < -0.3 is 0 Å². The molecule has 0 aromatic heterocycles. The molecule has 8 heteroatoms. The quantitative estimate of drug-likeness (QED) is 0.594. The average Bonchev–Trinajstić information content (AvgIpc) is 2.89. The summed E-state index contributed by atoms with van der Waals surface area (Å²) in [5.74, 6) is 0. The summed E-state index contributed by atoms with van der Waals surface area (Å²) in [4.78, 5) is 21.6. The van der Waals surface area contributed by atoms with Gasteiger partial charge in [0.1, 0.15) is 23.3 Å². The maximum atomic E-state index is 11.6. The number of hydrogen-bond acceptors (Lipinski definition) is 6. The van der Waals surface area contributed by atoms with Crippen molar-refractivity contribution in [1.82, 2.24) is 0 Å². The summed E-state index contributed by atoms with van der Waals surface area (Å²) in [6.45, 7) is 0. The number of nitro benzene ring substituents is 1. The summed E-state index contributed by atoms with van der Waals surface area (Å²) < 4.78 is 0. The van der Waals surface area contributed by atoms with Crippen molar-refractivity contribution in [2.24, 2.45) is 0 Å². The molecule has 0 N–H and O–H groups in total. The Bertz CT molecular complexity index is 1220. The molecular formula is C16H6N4O4. The Morgan fingerprint density at radius 2 is 1.50 bits per heavy atom. The highest BCUT2D eigenvalue weighted by atomic mass is 16.6. The lowest BCUT2D eigenvalue weighted by atomic mass is 10.0. The molecule has 8 nitrogen and oxygen atoms in total. The van der Waals surface area contributed by atoms with E-state index in [0.29, 0.717) is 10.4 Å². The Morgan fingerprint density at radius 1 is 0.875 bits per heavy atom. The molecule has 2 aromatic carbocycles. The lowest BCUT2D eigenvalue weighted by molar-refractivity contribution is -0.392. The van der Waals surface area contributed by atoms with Crippen molar-refractivity contribution in [3.63, 3.8) is 0 Å². The number of benzene rings is 2. The van der Waals surface area contributed by atoms with E-state index < -0.39 is 26.8 Å². The van der Waals surface area contributed by atoms with E-state index in [-0.39, 0.29) is 16.0 Å². The first-order valence-corrected chi connectivity index (χ1v) is 6.61. The molecule has 0 radical (unpaired) electrons. The van der Waals surface area contributed by atoms with Gasteiger partial charge in [-0.05, 0) is 17.4 Å². The van der Waals surface area contributed by atoms with Crippen LogP contribution in [-0.4, -0.2) is 9.85 Å². The van der Waals surface area contributed by atoms with E-state index in [1.807, 2.05) is 0 Å². The van der Waals surface area contributed by atoms with Crippen molar-refractivity contribution < 1.29 is 9.85 Å². The maximum absolute atomic E-state index is 11.6. The maximum Gasteiger partial charge on any atom is 0.293 e. The SMILES string of the molecule is N#CC(C#N)=c1ccc2c(c1[N+](=O)[O-])C([N+](=O)[O-])=c1ccccc1=2. The summed E-state index contributed by atoms with van der Waals surface area (Å²) in [5, 5.41) is 42.0. The first-order chi connectivity index (χ1) is 11.5. The van der Waals surface area contributed by atoms with Gasteiger partial charge in [-0.1, -0.05) is 24.3 Å². The molecule has 3 rings (SSSR count). The lowest BCUT2D eigenvalue weighted by Gasteiger charge is -2.00. The van der Waals surface area contributed by atoms with Crippen LogP contribution in [0.15, 0.2) is 36.4 Å². The Hall–Kier alpha value is -4.04. The van der Waals surface area contributed by atoms with Crippen LogP contribution in [0, 0.1) is 53.3 Å². The zero-order valence-electron chi connectivity index (χ0n) is 11.9. The van der Waals surface area contributed by atoms with Crippen molar-refractivity contribution in [1.29, 1.82) is 10.5 Å². The second-order valence-corrected chi connectivity index (χ2v) is 4.89. The third-order valence-corrected chi connectivity index (χ3v) is 3.75. The lowest BCUT2D eigenvalue weighted by Crippen LogP contribution is -2.17. The van der Waals surface area contributed by atoms with Gasteiger partial charge in [-0.25, -0.2) is 0 Å². The normalized spacial score (nSPS) is 11.0. The molecule has 24 heavy (non-hydrogen) atoms. The minimum absolute atomic E-state index is 0.174. The van der Waals surface area contributed by atoms with Crippen LogP contribution in [0.5, 0.6) is 0 Å². The van der Waals surface area contributed by atoms with Crippen molar-refractivity contribution in [2.45, 2.75) is 0 Å². The van der Waals surface area contributed by atoms with E-state index in [2.05, 4.69) is 0 Å². The zero-order chi connectivity index (χ0) is 17.4. The van der Waals surface area contributed by atoms with Crippen molar-refractivity contribution >= 4 is 17.0 Å². The molecule has 114 valence electrons. The number of nitrogens with zero attached hydrogens (tertiary/aromatic N) is 4. The predicted molar refractivity (Wildman–Crippen MR) is 80.6 cm³/mol. The predicted octanol–water partition coefficient (Wildman–Crippen LogP) is 0.826. The fourth-order valence-electron chi connectivity index (χ4n) is 2.84. The summed E-state index contributed by atoms with van der Waals surface area (Å²) >= 11 is 0. The minimum Gasteiger partial charge on any atom is -0.258 e. The van der Waals surface area contributed by atoms with Gasteiger partial charge in [0.2, 0.25) is 0 Å². The molecular weight excluding hydrogens is 312 g/mol. The van der Waals surface area contributed by atoms with Crippen LogP contribution in [0.4, 0.5) is 5.69 Å². The smallest absolute Gasteiger partial charge is 0.258 e. The van der Waals surface area contributed by atoms with E-state index >= 15 is 0 Å². The molecule has 0 fully saturated rings. The highest BCUT2D eigenvalue weighted by Gasteiger charge is 2.33. The molecule has 0 saturated carbocycles. The standard InChI is InChI=1S/C16H6N4O4/c17-7-9(8-18)10-5-6-12-11-3-1-2-4-13(11)16(20(23)24)14(12)15(10)19(21)22/h1-6H. The Kier molecular flexibility index (Phi) is 3.29. The van der Waals surface area contributed by atoms with Crippen LogP contribution in [-0.2, 0) is 0 Å². The van der Waals surface area contributed by atoms with Gasteiger partial charge in [-0.3, -0.25) is 20.2 Å². The van der Waals surface area contributed by atoms with Crippen LogP contribution < -0.4 is 10.4 Å². The average molecular weight is 318 g/mol. The molecule has 2 aromatic rings. The zero-order valence-corrected chi connectivity index (χ0v) is 11.9. The second kappa shape index (κ2) is 5.30. The summed E-state index contributed by atoms with van der Waals surface area (Å²) in [6.07, 6.45) is 0. The van der Waals surface area contributed by atoms with Gasteiger partial charge in [-0.2, -0.15) is 10.5 Å². The van der Waals surface area contributed by atoms with Gasteiger partial charge >= 0.3 is 0 Å². The summed E-state index contributed by atoms with van der Waals surface area (Å²) in [5.41, 5.74) is -1.65. The van der Waals surface area contributed by atoms with Crippen LogP contribution in [0.2, 0.25) is 0 Å². The largest absolute Gasteiger partial charge is 0.293 e. The van der Waals surface area contributed by atoms with Crippen LogP contribution in [0.25, 0.3) is 11.3 Å². The van der Waals surface area contributed by atoms with Crippen LogP contribution in [0.3, 0.4) is 0 Å². The molecule has 0 heterocycles.